The lowest BCUT2D eigenvalue weighted by Gasteiger charge is -2.02. The van der Waals surface area contributed by atoms with E-state index in [9.17, 15) is 0 Å². The summed E-state index contributed by atoms with van der Waals surface area (Å²) < 4.78 is 1.91. The Bertz CT molecular complexity index is 554. The van der Waals surface area contributed by atoms with E-state index >= 15 is 0 Å². The number of nitrogens with one attached hydrogen (secondary N) is 1. The van der Waals surface area contributed by atoms with Crippen molar-refractivity contribution in [1.29, 1.82) is 0 Å². The van der Waals surface area contributed by atoms with E-state index < -0.39 is 0 Å². The smallest absolute Gasteiger partial charge is 0.189 e. The topological polar surface area (TPSA) is 80.6 Å². The first-order valence-corrected chi connectivity index (χ1v) is 5.68. The summed E-state index contributed by atoms with van der Waals surface area (Å²) in [5.74, 6) is 1.28. The van der Waals surface area contributed by atoms with E-state index in [2.05, 4.69) is 20.5 Å². The number of nitrogens with zero attached hydrogens (tertiary/aromatic N) is 4. The van der Waals surface area contributed by atoms with Crippen LogP contribution in [0.5, 0.6) is 0 Å². The molecule has 0 amide bonds. The SMILES string of the molecule is NC(=NCc1nnc2ccccn12)NC1CC1. The lowest BCUT2D eigenvalue weighted by Crippen LogP contribution is -2.33. The number of pyridine rings is 1. The van der Waals surface area contributed by atoms with Crippen LogP contribution >= 0.6 is 0 Å². The zero-order chi connectivity index (χ0) is 11.7. The van der Waals surface area contributed by atoms with Gasteiger partial charge in [0.1, 0.15) is 6.54 Å². The molecule has 0 spiro atoms. The summed E-state index contributed by atoms with van der Waals surface area (Å²) >= 11 is 0. The standard InChI is InChI=1S/C11H14N6/c12-11(14-8-4-5-8)13-7-10-16-15-9-3-1-2-6-17(9)10/h1-3,6,8H,4-5,7H2,(H3,12,13,14). The fraction of sp³-hybridized carbons (Fsp3) is 0.364. The molecule has 0 aromatic carbocycles. The first-order chi connectivity index (χ1) is 8.33. The Labute approximate surface area is 98.6 Å². The molecule has 0 unspecified atom stereocenters. The molecule has 6 nitrogen and oxygen atoms in total. The molecule has 1 aliphatic carbocycles. The Morgan fingerprint density at radius 2 is 2.35 bits per heavy atom. The van der Waals surface area contributed by atoms with Crippen LogP contribution in [0.2, 0.25) is 0 Å². The normalized spacial score (nSPS) is 16.4. The Morgan fingerprint density at radius 3 is 3.18 bits per heavy atom. The summed E-state index contributed by atoms with van der Waals surface area (Å²) in [6.45, 7) is 0.441. The average molecular weight is 230 g/mol. The molecule has 0 aliphatic heterocycles. The van der Waals surface area contributed by atoms with Gasteiger partial charge in [0.2, 0.25) is 0 Å². The zero-order valence-electron chi connectivity index (χ0n) is 9.37. The highest BCUT2D eigenvalue weighted by molar-refractivity contribution is 5.78. The van der Waals surface area contributed by atoms with Gasteiger partial charge in [-0.15, -0.1) is 10.2 Å². The van der Waals surface area contributed by atoms with Gasteiger partial charge in [-0.05, 0) is 25.0 Å². The molecule has 1 saturated carbocycles. The van der Waals surface area contributed by atoms with Gasteiger partial charge in [-0.1, -0.05) is 6.07 Å². The van der Waals surface area contributed by atoms with Gasteiger partial charge in [-0.3, -0.25) is 4.40 Å². The predicted octanol–water partition coefficient (Wildman–Crippen LogP) is 0.296. The van der Waals surface area contributed by atoms with Gasteiger partial charge in [0.05, 0.1) is 0 Å². The molecule has 88 valence electrons. The fourth-order valence-corrected chi connectivity index (χ4v) is 1.64. The molecule has 1 aliphatic rings. The maximum absolute atomic E-state index is 5.76. The summed E-state index contributed by atoms with van der Waals surface area (Å²) in [4.78, 5) is 4.26. The van der Waals surface area contributed by atoms with E-state index in [1.807, 2.05) is 28.8 Å². The minimum atomic E-state index is 0.441. The lowest BCUT2D eigenvalue weighted by molar-refractivity contribution is 0.844. The molecule has 0 radical (unpaired) electrons. The van der Waals surface area contributed by atoms with Crippen molar-refractivity contribution in [3.63, 3.8) is 0 Å². The van der Waals surface area contributed by atoms with Crippen molar-refractivity contribution < 1.29 is 0 Å². The first kappa shape index (κ1) is 10.1. The molecule has 6 heteroatoms. The molecular weight excluding hydrogens is 216 g/mol. The van der Waals surface area contributed by atoms with Crippen LogP contribution in [-0.2, 0) is 6.54 Å². The Balaban J connectivity index is 1.75. The summed E-state index contributed by atoms with van der Waals surface area (Å²) in [7, 11) is 0. The van der Waals surface area contributed by atoms with Crippen LogP contribution in [0.25, 0.3) is 5.65 Å². The molecule has 1 fully saturated rings. The number of aromatic nitrogens is 3. The highest BCUT2D eigenvalue weighted by Gasteiger charge is 2.21. The van der Waals surface area contributed by atoms with E-state index in [0.717, 1.165) is 11.5 Å². The van der Waals surface area contributed by atoms with Gasteiger partial charge in [0, 0.05) is 12.2 Å². The number of guanidine groups is 1. The van der Waals surface area contributed by atoms with Crippen molar-refractivity contribution >= 4 is 11.6 Å². The molecule has 0 atom stereocenters. The van der Waals surface area contributed by atoms with E-state index in [1.54, 1.807) is 0 Å². The Hall–Kier alpha value is -2.11. The van der Waals surface area contributed by atoms with Crippen LogP contribution in [0.1, 0.15) is 18.7 Å². The van der Waals surface area contributed by atoms with Crippen LogP contribution in [0.4, 0.5) is 0 Å². The number of fused-ring (bicyclic) bond motifs is 1. The zero-order valence-corrected chi connectivity index (χ0v) is 9.37. The van der Waals surface area contributed by atoms with Crippen LogP contribution in [0, 0.1) is 0 Å². The second kappa shape index (κ2) is 4.04. The van der Waals surface area contributed by atoms with Crippen molar-refractivity contribution in [1.82, 2.24) is 19.9 Å². The van der Waals surface area contributed by atoms with Crippen LogP contribution in [0.15, 0.2) is 29.4 Å². The predicted molar refractivity (Wildman–Crippen MR) is 64.5 cm³/mol. The Morgan fingerprint density at radius 1 is 1.47 bits per heavy atom. The molecule has 2 heterocycles. The van der Waals surface area contributed by atoms with E-state index in [1.165, 1.54) is 12.8 Å². The minimum Gasteiger partial charge on any atom is -0.370 e. The van der Waals surface area contributed by atoms with Gasteiger partial charge in [-0.25, -0.2) is 4.99 Å². The highest BCUT2D eigenvalue weighted by atomic mass is 15.3. The summed E-state index contributed by atoms with van der Waals surface area (Å²) in [5.41, 5.74) is 6.58. The third-order valence-electron chi connectivity index (χ3n) is 2.70. The molecule has 3 rings (SSSR count). The van der Waals surface area contributed by atoms with Gasteiger partial charge < -0.3 is 11.1 Å². The van der Waals surface area contributed by atoms with Gasteiger partial charge >= 0.3 is 0 Å². The van der Waals surface area contributed by atoms with Gasteiger partial charge in [0.15, 0.2) is 17.4 Å². The first-order valence-electron chi connectivity index (χ1n) is 5.68. The van der Waals surface area contributed by atoms with Gasteiger partial charge in [-0.2, -0.15) is 0 Å². The molecule has 2 aromatic heterocycles. The average Bonchev–Trinajstić information content (AvgIpc) is 3.06. The third-order valence-corrected chi connectivity index (χ3v) is 2.70. The quantitative estimate of drug-likeness (QED) is 0.587. The lowest BCUT2D eigenvalue weighted by atomic mass is 10.4. The fourth-order valence-electron chi connectivity index (χ4n) is 1.64. The van der Waals surface area contributed by atoms with E-state index in [0.29, 0.717) is 18.5 Å². The van der Waals surface area contributed by atoms with E-state index in [4.69, 9.17) is 5.73 Å². The minimum absolute atomic E-state index is 0.441. The van der Waals surface area contributed by atoms with Crippen molar-refractivity contribution in [2.24, 2.45) is 10.7 Å². The molecule has 0 saturated heterocycles. The maximum Gasteiger partial charge on any atom is 0.189 e. The largest absolute Gasteiger partial charge is 0.370 e. The number of rotatable bonds is 3. The summed E-state index contributed by atoms with van der Waals surface area (Å²) in [6.07, 6.45) is 4.29. The van der Waals surface area contributed by atoms with Crippen LogP contribution < -0.4 is 11.1 Å². The number of aliphatic imine (C=N–C) groups is 1. The van der Waals surface area contributed by atoms with E-state index in [-0.39, 0.29) is 0 Å². The number of hydrogen-bond donors (Lipinski definition) is 2. The molecular formula is C11H14N6. The van der Waals surface area contributed by atoms with Crippen LogP contribution in [0.3, 0.4) is 0 Å². The van der Waals surface area contributed by atoms with Crippen molar-refractivity contribution in [3.05, 3.63) is 30.2 Å². The molecule has 2 aromatic rings. The second-order valence-electron chi connectivity index (χ2n) is 4.17. The summed E-state index contributed by atoms with van der Waals surface area (Å²) in [6, 6.07) is 6.30. The number of hydrogen-bond acceptors (Lipinski definition) is 3. The molecule has 17 heavy (non-hydrogen) atoms. The van der Waals surface area contributed by atoms with Crippen LogP contribution in [-0.4, -0.2) is 26.6 Å². The van der Waals surface area contributed by atoms with Crippen molar-refractivity contribution in [3.8, 4) is 0 Å². The number of nitrogens with two attached hydrogens (primary N) is 1. The monoisotopic (exact) mass is 230 g/mol. The Kier molecular flexibility index (Phi) is 2.40. The van der Waals surface area contributed by atoms with Crippen molar-refractivity contribution in [2.75, 3.05) is 0 Å². The van der Waals surface area contributed by atoms with Crippen molar-refractivity contribution in [2.45, 2.75) is 25.4 Å². The molecule has 3 N–H and O–H groups in total. The summed E-state index contributed by atoms with van der Waals surface area (Å²) in [5, 5.41) is 11.3. The van der Waals surface area contributed by atoms with Gasteiger partial charge in [0.25, 0.3) is 0 Å². The highest BCUT2D eigenvalue weighted by Crippen LogP contribution is 2.18. The third kappa shape index (κ3) is 2.20. The maximum atomic E-state index is 5.76. The second-order valence-corrected chi connectivity index (χ2v) is 4.17. The molecule has 0 bridgehead atoms.